The average molecular weight is 310 g/mol. The molecule has 1 saturated carbocycles. The van der Waals surface area contributed by atoms with Gasteiger partial charge in [0, 0.05) is 20.6 Å². The lowest BCUT2D eigenvalue weighted by Gasteiger charge is -2.41. The first-order valence-corrected chi connectivity index (χ1v) is 8.49. The largest absolute Gasteiger partial charge is 0.348 e. The van der Waals surface area contributed by atoms with Crippen molar-refractivity contribution in [2.45, 2.75) is 50.5 Å². The molecule has 2 fully saturated rings. The zero-order valence-electron chi connectivity index (χ0n) is 14.0. The SMILES string of the molecule is CN(C)C(=O)NCC(=O)NC1(CN2CCCC2)CCCCC1. The number of carbonyl (C=O) groups excluding carboxylic acids is 2. The number of amides is 3. The first kappa shape index (κ1) is 17.1. The fourth-order valence-corrected chi connectivity index (χ4v) is 3.57. The zero-order chi connectivity index (χ0) is 16.0. The molecule has 126 valence electrons. The normalized spacial score (nSPS) is 21.4. The molecule has 2 N–H and O–H groups in total. The first-order valence-electron chi connectivity index (χ1n) is 8.49. The maximum atomic E-state index is 12.3. The van der Waals surface area contributed by atoms with Crippen LogP contribution in [0.25, 0.3) is 0 Å². The van der Waals surface area contributed by atoms with Crippen molar-refractivity contribution in [2.75, 3.05) is 40.3 Å². The number of nitrogens with zero attached hydrogens (tertiary/aromatic N) is 2. The molecule has 1 aliphatic carbocycles. The van der Waals surface area contributed by atoms with Gasteiger partial charge in [-0.3, -0.25) is 4.79 Å². The maximum Gasteiger partial charge on any atom is 0.317 e. The second kappa shape index (κ2) is 7.81. The van der Waals surface area contributed by atoms with E-state index < -0.39 is 0 Å². The highest BCUT2D eigenvalue weighted by molar-refractivity contribution is 5.84. The topological polar surface area (TPSA) is 64.7 Å². The standard InChI is InChI=1S/C16H30N4O2/c1-19(2)15(22)17-12-14(21)18-16(8-4-3-5-9-16)13-20-10-6-7-11-20/h3-13H2,1-2H3,(H,17,22)(H,18,21). The van der Waals surface area contributed by atoms with E-state index >= 15 is 0 Å². The number of carbonyl (C=O) groups is 2. The van der Waals surface area contributed by atoms with Crippen molar-refractivity contribution in [2.24, 2.45) is 0 Å². The van der Waals surface area contributed by atoms with E-state index in [2.05, 4.69) is 15.5 Å². The van der Waals surface area contributed by atoms with Crippen molar-refractivity contribution in [3.05, 3.63) is 0 Å². The van der Waals surface area contributed by atoms with Gasteiger partial charge in [-0.2, -0.15) is 0 Å². The Morgan fingerprint density at radius 2 is 1.68 bits per heavy atom. The van der Waals surface area contributed by atoms with Crippen LogP contribution in [0.4, 0.5) is 4.79 Å². The van der Waals surface area contributed by atoms with E-state index in [1.54, 1.807) is 14.1 Å². The first-order chi connectivity index (χ1) is 10.5. The molecule has 0 bridgehead atoms. The van der Waals surface area contributed by atoms with Crippen LogP contribution in [-0.2, 0) is 4.79 Å². The summed E-state index contributed by atoms with van der Waals surface area (Å²) < 4.78 is 0. The number of nitrogens with one attached hydrogen (secondary N) is 2. The highest BCUT2D eigenvalue weighted by Crippen LogP contribution is 2.30. The number of hydrogen-bond donors (Lipinski definition) is 2. The lowest BCUT2D eigenvalue weighted by atomic mass is 9.81. The van der Waals surface area contributed by atoms with Crippen molar-refractivity contribution in [1.29, 1.82) is 0 Å². The van der Waals surface area contributed by atoms with Crippen LogP contribution in [0.3, 0.4) is 0 Å². The molecule has 2 aliphatic rings. The minimum atomic E-state index is -0.229. The molecule has 6 heteroatoms. The van der Waals surface area contributed by atoms with Gasteiger partial charge < -0.3 is 20.4 Å². The minimum Gasteiger partial charge on any atom is -0.348 e. The highest BCUT2D eigenvalue weighted by Gasteiger charge is 2.35. The number of urea groups is 1. The molecule has 6 nitrogen and oxygen atoms in total. The van der Waals surface area contributed by atoms with E-state index in [1.807, 2.05) is 0 Å². The smallest absolute Gasteiger partial charge is 0.317 e. The van der Waals surface area contributed by atoms with Crippen LogP contribution in [0.1, 0.15) is 44.9 Å². The molecule has 2 rings (SSSR count). The summed E-state index contributed by atoms with van der Waals surface area (Å²) in [6.07, 6.45) is 8.25. The maximum absolute atomic E-state index is 12.3. The second-order valence-corrected chi connectivity index (χ2v) is 6.93. The average Bonchev–Trinajstić information content (AvgIpc) is 2.98. The Hall–Kier alpha value is -1.30. The Bertz CT molecular complexity index is 386. The fraction of sp³-hybridized carbons (Fsp3) is 0.875. The molecular weight excluding hydrogens is 280 g/mol. The Morgan fingerprint density at radius 3 is 2.27 bits per heavy atom. The minimum absolute atomic E-state index is 0.0543. The molecule has 0 aromatic heterocycles. The molecule has 0 radical (unpaired) electrons. The van der Waals surface area contributed by atoms with Gasteiger partial charge in [0.15, 0.2) is 0 Å². The molecule has 0 unspecified atom stereocenters. The van der Waals surface area contributed by atoms with E-state index in [0.717, 1.165) is 32.5 Å². The van der Waals surface area contributed by atoms with Crippen LogP contribution < -0.4 is 10.6 Å². The highest BCUT2D eigenvalue weighted by atomic mass is 16.2. The lowest BCUT2D eigenvalue weighted by molar-refractivity contribution is -0.122. The molecule has 0 spiro atoms. The third-order valence-corrected chi connectivity index (χ3v) is 4.75. The van der Waals surface area contributed by atoms with Gasteiger partial charge in [-0.1, -0.05) is 19.3 Å². The summed E-state index contributed by atoms with van der Waals surface area (Å²) in [6, 6.07) is -0.229. The monoisotopic (exact) mass is 310 g/mol. The molecule has 3 amide bonds. The van der Waals surface area contributed by atoms with Crippen LogP contribution in [0.2, 0.25) is 0 Å². The zero-order valence-corrected chi connectivity index (χ0v) is 14.0. The Labute approximate surface area is 133 Å². The number of hydrogen-bond acceptors (Lipinski definition) is 3. The third-order valence-electron chi connectivity index (χ3n) is 4.75. The van der Waals surface area contributed by atoms with E-state index in [4.69, 9.17) is 0 Å². The van der Waals surface area contributed by atoms with E-state index in [1.165, 1.54) is 37.0 Å². The summed E-state index contributed by atoms with van der Waals surface area (Å²) in [6.45, 7) is 3.31. The molecule has 1 saturated heterocycles. The quantitative estimate of drug-likeness (QED) is 0.801. The summed E-state index contributed by atoms with van der Waals surface area (Å²) in [5.41, 5.74) is -0.0947. The summed E-state index contributed by atoms with van der Waals surface area (Å²) >= 11 is 0. The second-order valence-electron chi connectivity index (χ2n) is 6.93. The van der Waals surface area contributed by atoms with Crippen LogP contribution >= 0.6 is 0 Å². The summed E-state index contributed by atoms with van der Waals surface area (Å²) in [4.78, 5) is 27.7. The molecular formula is C16H30N4O2. The fourth-order valence-electron chi connectivity index (χ4n) is 3.57. The van der Waals surface area contributed by atoms with Gasteiger partial charge in [0.05, 0.1) is 12.1 Å². The van der Waals surface area contributed by atoms with Gasteiger partial charge in [-0.25, -0.2) is 4.79 Å². The Balaban J connectivity index is 1.88. The van der Waals surface area contributed by atoms with Crippen LogP contribution in [0.15, 0.2) is 0 Å². The molecule has 0 atom stereocenters. The van der Waals surface area contributed by atoms with E-state index in [-0.39, 0.29) is 24.0 Å². The summed E-state index contributed by atoms with van der Waals surface area (Å²) in [5, 5.41) is 5.88. The van der Waals surface area contributed by atoms with Gasteiger partial charge in [-0.05, 0) is 38.8 Å². The van der Waals surface area contributed by atoms with Gasteiger partial charge in [-0.15, -0.1) is 0 Å². The van der Waals surface area contributed by atoms with Crippen molar-refractivity contribution < 1.29 is 9.59 Å². The Kier molecular flexibility index (Phi) is 6.06. The third kappa shape index (κ3) is 4.87. The number of likely N-dealkylation sites (tertiary alicyclic amines) is 1. The molecule has 1 heterocycles. The predicted octanol–water partition coefficient (Wildman–Crippen LogP) is 1.17. The van der Waals surface area contributed by atoms with Crippen molar-refractivity contribution in [3.63, 3.8) is 0 Å². The van der Waals surface area contributed by atoms with Crippen molar-refractivity contribution in [3.8, 4) is 0 Å². The number of rotatable bonds is 5. The van der Waals surface area contributed by atoms with Gasteiger partial charge in [0.1, 0.15) is 0 Å². The van der Waals surface area contributed by atoms with Gasteiger partial charge in [0.2, 0.25) is 5.91 Å². The Morgan fingerprint density at radius 1 is 1.05 bits per heavy atom. The summed E-state index contributed by atoms with van der Waals surface area (Å²) in [7, 11) is 3.34. The van der Waals surface area contributed by atoms with Crippen LogP contribution in [0, 0.1) is 0 Å². The van der Waals surface area contributed by atoms with Gasteiger partial charge in [0.25, 0.3) is 0 Å². The molecule has 1 aliphatic heterocycles. The van der Waals surface area contributed by atoms with Crippen LogP contribution in [0.5, 0.6) is 0 Å². The molecule has 22 heavy (non-hydrogen) atoms. The van der Waals surface area contributed by atoms with E-state index in [0.29, 0.717) is 0 Å². The van der Waals surface area contributed by atoms with Crippen molar-refractivity contribution >= 4 is 11.9 Å². The molecule has 0 aromatic rings. The van der Waals surface area contributed by atoms with Crippen molar-refractivity contribution in [1.82, 2.24) is 20.4 Å². The van der Waals surface area contributed by atoms with Gasteiger partial charge >= 0.3 is 6.03 Å². The van der Waals surface area contributed by atoms with E-state index in [9.17, 15) is 9.59 Å². The molecule has 0 aromatic carbocycles. The van der Waals surface area contributed by atoms with Crippen LogP contribution in [-0.4, -0.2) is 67.6 Å². The predicted molar refractivity (Wildman–Crippen MR) is 86.7 cm³/mol. The lowest BCUT2D eigenvalue weighted by Crippen LogP contribution is -2.58. The summed E-state index contributed by atoms with van der Waals surface area (Å²) in [5.74, 6) is -0.0729.